The number of hydrogen-bond donors (Lipinski definition) is 2. The largest absolute Gasteiger partial charge is 0.386 e. The van der Waals surface area contributed by atoms with E-state index in [0.29, 0.717) is 43.8 Å². The average molecular weight is 296 g/mol. The van der Waals surface area contributed by atoms with Crippen LogP contribution in [0.15, 0.2) is 17.5 Å². The molecule has 2 amide bonds. The lowest BCUT2D eigenvalue weighted by Crippen LogP contribution is -2.63. The third-order valence-corrected chi connectivity index (χ3v) is 4.45. The number of β-amino-alcohol motifs (C(OH)–C–C–N with tert-alkyl or cyclic N) is 1. The molecular weight excluding hydrogens is 276 g/mol. The minimum atomic E-state index is -0.678. The molecule has 1 fully saturated rings. The van der Waals surface area contributed by atoms with Crippen LogP contribution in [0.5, 0.6) is 0 Å². The van der Waals surface area contributed by atoms with Gasteiger partial charge in [-0.15, -0.1) is 11.3 Å². The van der Waals surface area contributed by atoms with Gasteiger partial charge in [0.1, 0.15) is 0 Å². The van der Waals surface area contributed by atoms with Gasteiger partial charge in [0.25, 0.3) is 5.91 Å². The number of carbonyl (C=O) groups is 2. The van der Waals surface area contributed by atoms with Crippen molar-refractivity contribution in [2.45, 2.75) is 31.8 Å². The predicted molar refractivity (Wildman–Crippen MR) is 77.7 cm³/mol. The molecule has 6 heteroatoms. The first-order valence-corrected chi connectivity index (χ1v) is 7.74. The van der Waals surface area contributed by atoms with Gasteiger partial charge in [-0.25, -0.2) is 0 Å². The SMILES string of the molecule is CCC1(O)CN(C(=O)CCCNC(=O)c2cccs2)C1. The number of carbonyl (C=O) groups excluding carboxylic acids is 2. The maximum atomic E-state index is 11.8. The Morgan fingerprint density at radius 1 is 1.50 bits per heavy atom. The number of hydrogen-bond acceptors (Lipinski definition) is 4. The van der Waals surface area contributed by atoms with Crippen LogP contribution in [0.1, 0.15) is 35.9 Å². The Morgan fingerprint density at radius 2 is 2.25 bits per heavy atom. The van der Waals surface area contributed by atoms with Crippen LogP contribution in [0, 0.1) is 0 Å². The fraction of sp³-hybridized carbons (Fsp3) is 0.571. The summed E-state index contributed by atoms with van der Waals surface area (Å²) in [5.74, 6) is -0.0368. The summed E-state index contributed by atoms with van der Waals surface area (Å²) in [7, 11) is 0. The van der Waals surface area contributed by atoms with E-state index in [4.69, 9.17) is 0 Å². The summed E-state index contributed by atoms with van der Waals surface area (Å²) in [6, 6.07) is 3.61. The number of nitrogens with one attached hydrogen (secondary N) is 1. The molecule has 0 bridgehead atoms. The quantitative estimate of drug-likeness (QED) is 0.776. The standard InChI is InChI=1S/C14H20N2O3S/c1-2-14(19)9-16(10-14)12(17)6-3-7-15-13(18)11-5-4-8-20-11/h4-5,8,19H,2-3,6-7,9-10H2,1H3,(H,15,18). The molecule has 0 atom stereocenters. The highest BCUT2D eigenvalue weighted by atomic mass is 32.1. The molecule has 0 aromatic carbocycles. The zero-order valence-electron chi connectivity index (χ0n) is 11.6. The van der Waals surface area contributed by atoms with E-state index in [0.717, 1.165) is 0 Å². The summed E-state index contributed by atoms with van der Waals surface area (Å²) in [5.41, 5.74) is -0.678. The van der Waals surface area contributed by atoms with Gasteiger partial charge in [0, 0.05) is 13.0 Å². The number of amides is 2. The van der Waals surface area contributed by atoms with Crippen LogP contribution in [0.4, 0.5) is 0 Å². The lowest BCUT2D eigenvalue weighted by molar-refractivity contribution is -0.155. The van der Waals surface area contributed by atoms with Crippen molar-refractivity contribution in [2.24, 2.45) is 0 Å². The summed E-state index contributed by atoms with van der Waals surface area (Å²) in [6.07, 6.45) is 1.70. The predicted octanol–water partition coefficient (Wildman–Crippen LogP) is 1.24. The van der Waals surface area contributed by atoms with Crippen LogP contribution in [-0.4, -0.2) is 47.1 Å². The summed E-state index contributed by atoms with van der Waals surface area (Å²) < 4.78 is 0. The molecule has 0 saturated carbocycles. The molecule has 20 heavy (non-hydrogen) atoms. The first-order valence-electron chi connectivity index (χ1n) is 6.86. The van der Waals surface area contributed by atoms with Crippen molar-refractivity contribution in [1.82, 2.24) is 10.2 Å². The Labute approximate surface area is 122 Å². The van der Waals surface area contributed by atoms with Gasteiger partial charge in [0.05, 0.1) is 23.6 Å². The molecule has 1 saturated heterocycles. The van der Waals surface area contributed by atoms with Crippen molar-refractivity contribution in [3.8, 4) is 0 Å². The summed E-state index contributed by atoms with van der Waals surface area (Å²) in [6.45, 7) is 3.28. The topological polar surface area (TPSA) is 69.6 Å². The summed E-state index contributed by atoms with van der Waals surface area (Å²) in [5, 5.41) is 14.5. The molecule has 1 aromatic rings. The highest BCUT2D eigenvalue weighted by molar-refractivity contribution is 7.12. The van der Waals surface area contributed by atoms with Gasteiger partial charge in [-0.3, -0.25) is 9.59 Å². The van der Waals surface area contributed by atoms with Crippen molar-refractivity contribution < 1.29 is 14.7 Å². The Morgan fingerprint density at radius 3 is 2.85 bits per heavy atom. The van der Waals surface area contributed by atoms with Gasteiger partial charge in [0.15, 0.2) is 0 Å². The molecule has 2 rings (SSSR count). The van der Waals surface area contributed by atoms with Crippen molar-refractivity contribution >= 4 is 23.2 Å². The minimum Gasteiger partial charge on any atom is -0.386 e. The van der Waals surface area contributed by atoms with Crippen LogP contribution in [0.2, 0.25) is 0 Å². The van der Waals surface area contributed by atoms with Gasteiger partial charge >= 0.3 is 0 Å². The van der Waals surface area contributed by atoms with E-state index in [1.807, 2.05) is 18.4 Å². The smallest absolute Gasteiger partial charge is 0.261 e. The zero-order chi connectivity index (χ0) is 14.6. The second-order valence-electron chi connectivity index (χ2n) is 5.16. The molecular formula is C14H20N2O3S. The number of likely N-dealkylation sites (tertiary alicyclic amines) is 1. The summed E-state index contributed by atoms with van der Waals surface area (Å²) >= 11 is 1.40. The molecule has 2 N–H and O–H groups in total. The van der Waals surface area contributed by atoms with Gasteiger partial charge in [0.2, 0.25) is 5.91 Å². The Bertz CT molecular complexity index is 467. The molecule has 0 radical (unpaired) electrons. The molecule has 0 aliphatic carbocycles. The van der Waals surface area contributed by atoms with E-state index in [1.54, 1.807) is 11.0 Å². The molecule has 0 unspecified atom stereocenters. The van der Waals surface area contributed by atoms with E-state index in [1.165, 1.54) is 11.3 Å². The fourth-order valence-electron chi connectivity index (χ4n) is 2.16. The Hall–Kier alpha value is -1.40. The van der Waals surface area contributed by atoms with Gasteiger partial charge < -0.3 is 15.3 Å². The maximum Gasteiger partial charge on any atom is 0.261 e. The van der Waals surface area contributed by atoms with Crippen molar-refractivity contribution in [1.29, 1.82) is 0 Å². The van der Waals surface area contributed by atoms with Crippen LogP contribution in [0.25, 0.3) is 0 Å². The first kappa shape index (κ1) is 15.0. The van der Waals surface area contributed by atoms with Crippen LogP contribution in [-0.2, 0) is 4.79 Å². The highest BCUT2D eigenvalue weighted by Crippen LogP contribution is 2.24. The van der Waals surface area contributed by atoms with Gasteiger partial charge in [-0.1, -0.05) is 13.0 Å². The maximum absolute atomic E-state index is 11.8. The van der Waals surface area contributed by atoms with E-state index in [2.05, 4.69) is 5.32 Å². The first-order chi connectivity index (χ1) is 9.54. The van der Waals surface area contributed by atoms with E-state index >= 15 is 0 Å². The minimum absolute atomic E-state index is 0.0495. The third kappa shape index (κ3) is 3.58. The Kier molecular flexibility index (Phi) is 4.77. The normalized spacial score (nSPS) is 16.6. The van der Waals surface area contributed by atoms with E-state index in [9.17, 15) is 14.7 Å². The van der Waals surface area contributed by atoms with Crippen molar-refractivity contribution in [3.63, 3.8) is 0 Å². The molecule has 1 aromatic heterocycles. The van der Waals surface area contributed by atoms with Crippen LogP contribution in [0.3, 0.4) is 0 Å². The second kappa shape index (κ2) is 6.37. The lowest BCUT2D eigenvalue weighted by Gasteiger charge is -2.46. The number of thiophene rings is 1. The van der Waals surface area contributed by atoms with E-state index < -0.39 is 5.60 Å². The monoisotopic (exact) mass is 296 g/mol. The van der Waals surface area contributed by atoms with Crippen molar-refractivity contribution in [2.75, 3.05) is 19.6 Å². The second-order valence-corrected chi connectivity index (χ2v) is 6.11. The zero-order valence-corrected chi connectivity index (χ0v) is 12.4. The number of aliphatic hydroxyl groups is 1. The van der Waals surface area contributed by atoms with Gasteiger partial charge in [-0.2, -0.15) is 0 Å². The van der Waals surface area contributed by atoms with Crippen LogP contribution >= 0.6 is 11.3 Å². The summed E-state index contributed by atoms with van der Waals surface area (Å²) in [4.78, 5) is 25.8. The molecule has 5 nitrogen and oxygen atoms in total. The lowest BCUT2D eigenvalue weighted by atomic mass is 9.91. The molecule has 1 aliphatic rings. The van der Waals surface area contributed by atoms with E-state index in [-0.39, 0.29) is 11.8 Å². The number of rotatable bonds is 6. The number of nitrogens with zero attached hydrogens (tertiary/aromatic N) is 1. The molecule has 110 valence electrons. The van der Waals surface area contributed by atoms with Gasteiger partial charge in [-0.05, 0) is 24.3 Å². The fourth-order valence-corrected chi connectivity index (χ4v) is 2.80. The third-order valence-electron chi connectivity index (χ3n) is 3.58. The van der Waals surface area contributed by atoms with Crippen LogP contribution < -0.4 is 5.32 Å². The molecule has 1 aliphatic heterocycles. The van der Waals surface area contributed by atoms with Crippen molar-refractivity contribution in [3.05, 3.63) is 22.4 Å². The highest BCUT2D eigenvalue weighted by Gasteiger charge is 2.41. The molecule has 0 spiro atoms. The Balaban J connectivity index is 1.60. The molecule has 2 heterocycles. The average Bonchev–Trinajstić information content (AvgIpc) is 2.93.